The number of aromatic carboxylic acids is 1. The number of hydrogen-bond acceptors (Lipinski definition) is 5. The molecule has 1 N–H and O–H groups in total. The van der Waals surface area contributed by atoms with Crippen LogP contribution in [0, 0.1) is 0 Å². The summed E-state index contributed by atoms with van der Waals surface area (Å²) in [4.78, 5) is 16.3. The highest BCUT2D eigenvalue weighted by Crippen LogP contribution is 2.46. The minimum absolute atomic E-state index is 0.0410. The molecule has 0 fully saturated rings. The van der Waals surface area contributed by atoms with Gasteiger partial charge in [0, 0.05) is 28.9 Å². The monoisotopic (exact) mass is 392 g/mol. The molecule has 0 bridgehead atoms. The van der Waals surface area contributed by atoms with Crippen LogP contribution in [0.25, 0.3) is 33.1 Å². The Labute approximate surface area is 167 Å². The van der Waals surface area contributed by atoms with Crippen LogP contribution in [-0.2, 0) is 7.05 Å². The van der Waals surface area contributed by atoms with Gasteiger partial charge in [0.25, 0.3) is 0 Å². The van der Waals surface area contributed by atoms with Crippen LogP contribution < -0.4 is 14.2 Å². The maximum absolute atomic E-state index is 11.8. The number of ether oxygens (including phenoxy) is 3. The van der Waals surface area contributed by atoms with Gasteiger partial charge in [0.1, 0.15) is 5.69 Å². The second-order valence-corrected chi connectivity index (χ2v) is 6.52. The summed E-state index contributed by atoms with van der Waals surface area (Å²) in [5.74, 6) is 0.256. The van der Waals surface area contributed by atoms with Gasteiger partial charge in [-0.3, -0.25) is 0 Å². The summed E-state index contributed by atoms with van der Waals surface area (Å²) < 4.78 is 18.5. The van der Waals surface area contributed by atoms with E-state index in [1.54, 1.807) is 25.3 Å². The minimum Gasteiger partial charge on any atom is -0.493 e. The molecule has 29 heavy (non-hydrogen) atoms. The van der Waals surface area contributed by atoms with Crippen molar-refractivity contribution >= 4 is 27.8 Å². The number of methoxy groups -OCH3 is 3. The van der Waals surface area contributed by atoms with Crippen molar-refractivity contribution in [2.75, 3.05) is 21.3 Å². The van der Waals surface area contributed by atoms with Crippen LogP contribution in [0.4, 0.5) is 0 Å². The lowest BCUT2D eigenvalue weighted by atomic mass is 10.0. The molecule has 0 amide bonds. The first kappa shape index (κ1) is 18.6. The number of carboxylic acid groups (broad SMARTS) is 1. The lowest BCUT2D eigenvalue weighted by Crippen LogP contribution is -2.04. The van der Waals surface area contributed by atoms with Gasteiger partial charge < -0.3 is 23.9 Å². The van der Waals surface area contributed by atoms with Gasteiger partial charge in [-0.25, -0.2) is 9.78 Å². The third-order valence-corrected chi connectivity index (χ3v) is 5.06. The highest BCUT2D eigenvalue weighted by molar-refractivity contribution is 6.13. The molecular weight excluding hydrogens is 372 g/mol. The molecule has 0 aliphatic heterocycles. The number of rotatable bonds is 5. The van der Waals surface area contributed by atoms with E-state index in [4.69, 9.17) is 14.2 Å². The van der Waals surface area contributed by atoms with E-state index in [1.165, 1.54) is 14.2 Å². The Bertz CT molecular complexity index is 1260. The third-order valence-electron chi connectivity index (χ3n) is 5.06. The van der Waals surface area contributed by atoms with Crippen molar-refractivity contribution in [1.82, 2.24) is 9.55 Å². The summed E-state index contributed by atoms with van der Waals surface area (Å²) in [5, 5.41) is 11.4. The lowest BCUT2D eigenvalue weighted by molar-refractivity contribution is 0.0691. The first-order chi connectivity index (χ1) is 14.0. The Morgan fingerprint density at radius 3 is 2.34 bits per heavy atom. The molecule has 2 aromatic heterocycles. The molecule has 0 radical (unpaired) electrons. The van der Waals surface area contributed by atoms with E-state index in [0.717, 1.165) is 21.8 Å². The van der Waals surface area contributed by atoms with E-state index in [0.29, 0.717) is 28.5 Å². The summed E-state index contributed by atoms with van der Waals surface area (Å²) in [7, 11) is 6.53. The van der Waals surface area contributed by atoms with Gasteiger partial charge in [-0.2, -0.15) is 0 Å². The van der Waals surface area contributed by atoms with Crippen molar-refractivity contribution in [3.05, 3.63) is 48.2 Å². The van der Waals surface area contributed by atoms with Crippen LogP contribution in [0.5, 0.6) is 17.2 Å². The largest absolute Gasteiger partial charge is 0.493 e. The number of fused-ring (bicyclic) bond motifs is 3. The molecule has 0 atom stereocenters. The quantitative estimate of drug-likeness (QED) is 0.550. The van der Waals surface area contributed by atoms with E-state index in [1.807, 2.05) is 35.9 Å². The topological polar surface area (TPSA) is 82.8 Å². The first-order valence-electron chi connectivity index (χ1n) is 8.92. The number of aromatic nitrogens is 2. The highest BCUT2D eigenvalue weighted by Gasteiger charge is 2.24. The zero-order valence-corrected chi connectivity index (χ0v) is 16.5. The van der Waals surface area contributed by atoms with Gasteiger partial charge in [-0.15, -0.1) is 0 Å². The summed E-state index contributed by atoms with van der Waals surface area (Å²) >= 11 is 0. The highest BCUT2D eigenvalue weighted by atomic mass is 16.5. The molecule has 0 aliphatic rings. The zero-order chi connectivity index (χ0) is 20.7. The van der Waals surface area contributed by atoms with Crippen LogP contribution in [0.1, 0.15) is 10.5 Å². The molecule has 0 saturated heterocycles. The first-order valence-corrected chi connectivity index (χ1v) is 8.92. The fourth-order valence-corrected chi connectivity index (χ4v) is 3.78. The van der Waals surface area contributed by atoms with Crippen molar-refractivity contribution in [3.63, 3.8) is 0 Å². The molecule has 0 unspecified atom stereocenters. The molecule has 2 aromatic carbocycles. The minimum atomic E-state index is -1.10. The van der Waals surface area contributed by atoms with Crippen molar-refractivity contribution in [3.8, 4) is 28.5 Å². The maximum Gasteiger partial charge on any atom is 0.354 e. The molecular formula is C22H20N2O5. The number of nitrogens with zero attached hydrogens (tertiary/aromatic N) is 2. The molecule has 0 saturated carbocycles. The second-order valence-electron chi connectivity index (χ2n) is 6.52. The molecule has 148 valence electrons. The standard InChI is InChI=1S/C22H20N2O5/c1-24-16-8-6-5-7-12(16)14-11-15(22(25)26)23-18(19(14)24)13-9-10-17(27-2)21(29-4)20(13)28-3/h5-11H,1-4H3,(H,25,26). The van der Waals surface area contributed by atoms with E-state index < -0.39 is 5.97 Å². The van der Waals surface area contributed by atoms with Crippen molar-refractivity contribution < 1.29 is 24.1 Å². The average Bonchev–Trinajstić information content (AvgIpc) is 3.04. The Hall–Kier alpha value is -3.74. The SMILES string of the molecule is COc1ccc(-c2nc(C(=O)O)cc3c4ccccc4n(C)c23)c(OC)c1OC. The second kappa shape index (κ2) is 7.01. The van der Waals surface area contributed by atoms with Gasteiger partial charge in [0.05, 0.1) is 32.5 Å². The molecule has 2 heterocycles. The number of carbonyl (C=O) groups is 1. The number of pyridine rings is 1. The smallest absolute Gasteiger partial charge is 0.354 e. The number of aryl methyl sites for hydroxylation is 1. The number of hydrogen-bond donors (Lipinski definition) is 1. The fraction of sp³-hybridized carbons (Fsp3) is 0.182. The van der Waals surface area contributed by atoms with Crippen molar-refractivity contribution in [2.45, 2.75) is 0 Å². The summed E-state index contributed by atoms with van der Waals surface area (Å²) in [6, 6.07) is 13.0. The Balaban J connectivity index is 2.18. The van der Waals surface area contributed by atoms with Crippen LogP contribution in [0.3, 0.4) is 0 Å². The van der Waals surface area contributed by atoms with Crippen molar-refractivity contribution in [2.24, 2.45) is 7.05 Å². The zero-order valence-electron chi connectivity index (χ0n) is 16.5. The van der Waals surface area contributed by atoms with Crippen molar-refractivity contribution in [1.29, 1.82) is 0 Å². The number of para-hydroxylation sites is 1. The maximum atomic E-state index is 11.8. The van der Waals surface area contributed by atoms with Crippen LogP contribution in [0.15, 0.2) is 42.5 Å². The van der Waals surface area contributed by atoms with Gasteiger partial charge in [0.2, 0.25) is 5.75 Å². The summed E-state index contributed by atoms with van der Waals surface area (Å²) in [5.41, 5.74) is 2.86. The molecule has 7 heteroatoms. The molecule has 0 aliphatic carbocycles. The number of benzene rings is 2. The molecule has 0 spiro atoms. The van der Waals surface area contributed by atoms with Gasteiger partial charge in [0.15, 0.2) is 11.5 Å². The predicted octanol–water partition coefficient (Wildman–Crippen LogP) is 4.12. The van der Waals surface area contributed by atoms with Crippen LogP contribution in [-0.4, -0.2) is 42.0 Å². The van der Waals surface area contributed by atoms with E-state index in [-0.39, 0.29) is 5.69 Å². The fourth-order valence-electron chi connectivity index (χ4n) is 3.78. The van der Waals surface area contributed by atoms with Gasteiger partial charge >= 0.3 is 5.97 Å². The third kappa shape index (κ3) is 2.74. The Morgan fingerprint density at radius 2 is 1.69 bits per heavy atom. The number of carboxylic acids is 1. The molecule has 4 aromatic rings. The van der Waals surface area contributed by atoms with E-state index in [9.17, 15) is 9.90 Å². The van der Waals surface area contributed by atoms with Gasteiger partial charge in [-0.05, 0) is 24.3 Å². The summed E-state index contributed by atoms with van der Waals surface area (Å²) in [6.07, 6.45) is 0. The molecule has 7 nitrogen and oxygen atoms in total. The average molecular weight is 392 g/mol. The Morgan fingerprint density at radius 1 is 0.966 bits per heavy atom. The van der Waals surface area contributed by atoms with Crippen LogP contribution in [0.2, 0.25) is 0 Å². The van der Waals surface area contributed by atoms with Crippen LogP contribution >= 0.6 is 0 Å². The lowest BCUT2D eigenvalue weighted by Gasteiger charge is -2.16. The van der Waals surface area contributed by atoms with E-state index in [2.05, 4.69) is 4.98 Å². The van der Waals surface area contributed by atoms with E-state index >= 15 is 0 Å². The molecule has 4 rings (SSSR count). The Kier molecular flexibility index (Phi) is 4.50. The normalized spacial score (nSPS) is 11.0. The predicted molar refractivity (Wildman–Crippen MR) is 110 cm³/mol. The summed E-state index contributed by atoms with van der Waals surface area (Å²) in [6.45, 7) is 0. The van der Waals surface area contributed by atoms with Gasteiger partial charge in [-0.1, -0.05) is 18.2 Å².